The maximum Gasteiger partial charge on any atom is 0.335 e. The highest BCUT2D eigenvalue weighted by atomic mass is 35.5. The number of halogens is 4. The molecule has 3 aromatic rings. The maximum atomic E-state index is 13.9. The molecule has 0 aromatic heterocycles. The van der Waals surface area contributed by atoms with Gasteiger partial charge in [0.25, 0.3) is 11.8 Å². The normalized spacial score (nSPS) is 14.9. The first-order valence-electron chi connectivity index (χ1n) is 10.2. The number of amides is 4. The van der Waals surface area contributed by atoms with Gasteiger partial charge in [-0.1, -0.05) is 59.1 Å². The molecule has 4 amide bonds. The fourth-order valence-electron chi connectivity index (χ4n) is 3.45. The smallest absolute Gasteiger partial charge is 0.335 e. The van der Waals surface area contributed by atoms with E-state index in [1.54, 1.807) is 43.3 Å². The van der Waals surface area contributed by atoms with Gasteiger partial charge < -0.3 is 4.74 Å². The maximum absolute atomic E-state index is 13.9. The molecule has 1 fully saturated rings. The number of ether oxygens (including phenoxy) is 1. The molecule has 6 nitrogen and oxygen atoms in total. The quantitative estimate of drug-likeness (QED) is 0.307. The number of imide groups is 2. The van der Waals surface area contributed by atoms with Gasteiger partial charge in [-0.15, -0.1) is 0 Å². The van der Waals surface area contributed by atoms with Crippen molar-refractivity contribution in [3.63, 3.8) is 0 Å². The van der Waals surface area contributed by atoms with Crippen molar-refractivity contribution >= 4 is 64.4 Å². The van der Waals surface area contributed by atoms with Gasteiger partial charge in [-0.3, -0.25) is 14.9 Å². The zero-order chi connectivity index (χ0) is 25.3. The van der Waals surface area contributed by atoms with Gasteiger partial charge in [-0.2, -0.15) is 0 Å². The van der Waals surface area contributed by atoms with Crippen LogP contribution in [0.5, 0.6) is 5.75 Å². The number of urea groups is 1. The Morgan fingerprint density at radius 3 is 2.34 bits per heavy atom. The number of anilines is 1. The van der Waals surface area contributed by atoms with Gasteiger partial charge in [-0.25, -0.2) is 14.1 Å². The number of hydrogen-bond donors (Lipinski definition) is 1. The first-order valence-corrected chi connectivity index (χ1v) is 11.3. The van der Waals surface area contributed by atoms with Crippen molar-refractivity contribution in [1.82, 2.24) is 5.32 Å². The summed E-state index contributed by atoms with van der Waals surface area (Å²) in [7, 11) is 0. The predicted octanol–water partition coefficient (Wildman–Crippen LogP) is 6.34. The fraction of sp³-hybridized carbons (Fsp3) is 0.0800. The summed E-state index contributed by atoms with van der Waals surface area (Å²) in [5.41, 5.74) is 1.06. The van der Waals surface area contributed by atoms with E-state index < -0.39 is 23.7 Å². The number of carbonyl (C=O) groups is 3. The summed E-state index contributed by atoms with van der Waals surface area (Å²) in [5.74, 6) is -2.03. The molecule has 1 heterocycles. The first-order chi connectivity index (χ1) is 16.7. The molecule has 35 heavy (non-hydrogen) atoms. The summed E-state index contributed by atoms with van der Waals surface area (Å²) in [6.07, 6.45) is 1.26. The van der Waals surface area contributed by atoms with E-state index >= 15 is 0 Å². The van der Waals surface area contributed by atoms with E-state index in [4.69, 9.17) is 39.5 Å². The minimum atomic E-state index is -0.893. The van der Waals surface area contributed by atoms with E-state index in [1.165, 1.54) is 24.3 Å². The fourth-order valence-corrected chi connectivity index (χ4v) is 4.23. The number of barbiturate groups is 1. The predicted molar refractivity (Wildman–Crippen MR) is 132 cm³/mol. The average Bonchev–Trinajstić information content (AvgIpc) is 2.80. The average molecular weight is 534 g/mol. The second-order valence-corrected chi connectivity index (χ2v) is 8.76. The Balaban J connectivity index is 1.64. The molecule has 0 aliphatic carbocycles. The summed E-state index contributed by atoms with van der Waals surface area (Å²) in [6.45, 7) is 1.54. The van der Waals surface area contributed by atoms with Crippen LogP contribution in [0.1, 0.15) is 16.7 Å². The topological polar surface area (TPSA) is 75.7 Å². The Kier molecular flexibility index (Phi) is 7.12. The van der Waals surface area contributed by atoms with Gasteiger partial charge in [0, 0.05) is 10.6 Å². The Bertz CT molecular complexity index is 1380. The highest BCUT2D eigenvalue weighted by molar-refractivity contribution is 6.40. The van der Waals surface area contributed by atoms with Crippen LogP contribution in [0, 0.1) is 12.7 Å². The molecule has 0 bridgehead atoms. The molecule has 0 atom stereocenters. The molecule has 4 rings (SSSR count). The minimum absolute atomic E-state index is 0.0861. The lowest BCUT2D eigenvalue weighted by atomic mass is 10.1. The Hall–Kier alpha value is -3.39. The van der Waals surface area contributed by atoms with Crippen molar-refractivity contribution in [3.8, 4) is 5.75 Å². The lowest BCUT2D eigenvalue weighted by Gasteiger charge is -2.27. The van der Waals surface area contributed by atoms with E-state index in [1.807, 2.05) is 0 Å². The van der Waals surface area contributed by atoms with Crippen molar-refractivity contribution < 1.29 is 23.5 Å². The third-order valence-corrected chi connectivity index (χ3v) is 6.21. The number of rotatable bonds is 5. The third kappa shape index (κ3) is 5.03. The molecule has 3 aromatic carbocycles. The van der Waals surface area contributed by atoms with Crippen molar-refractivity contribution in [2.45, 2.75) is 13.5 Å². The Labute approximate surface area is 214 Å². The van der Waals surface area contributed by atoms with Crippen LogP contribution in [0.3, 0.4) is 0 Å². The van der Waals surface area contributed by atoms with Crippen LogP contribution in [-0.2, 0) is 16.2 Å². The number of benzene rings is 3. The molecule has 1 aliphatic rings. The molecule has 0 unspecified atom stereocenters. The zero-order valence-electron chi connectivity index (χ0n) is 18.1. The molecular formula is C25H16Cl3FN2O4. The van der Waals surface area contributed by atoms with Crippen LogP contribution in [0.4, 0.5) is 14.9 Å². The van der Waals surface area contributed by atoms with Gasteiger partial charge in [0.05, 0.1) is 15.7 Å². The Morgan fingerprint density at radius 2 is 1.66 bits per heavy atom. The van der Waals surface area contributed by atoms with Crippen molar-refractivity contribution in [3.05, 3.63) is 97.7 Å². The molecule has 0 radical (unpaired) electrons. The molecule has 0 saturated carbocycles. The lowest BCUT2D eigenvalue weighted by molar-refractivity contribution is -0.122. The van der Waals surface area contributed by atoms with E-state index in [0.717, 1.165) is 4.90 Å². The van der Waals surface area contributed by atoms with Crippen LogP contribution in [0.25, 0.3) is 6.08 Å². The summed E-state index contributed by atoms with van der Waals surface area (Å²) in [6, 6.07) is 12.8. The Morgan fingerprint density at radius 1 is 0.971 bits per heavy atom. The summed E-state index contributed by atoms with van der Waals surface area (Å²) < 4.78 is 19.5. The van der Waals surface area contributed by atoms with Gasteiger partial charge in [-0.05, 0) is 54.5 Å². The van der Waals surface area contributed by atoms with Gasteiger partial charge in [0.1, 0.15) is 18.0 Å². The summed E-state index contributed by atoms with van der Waals surface area (Å²) in [4.78, 5) is 38.9. The minimum Gasteiger partial charge on any atom is -0.486 e. The number of carbonyl (C=O) groups excluding carboxylic acids is 3. The standard InChI is InChI=1S/C25H16Cl3FN2O4/c1-13-17(26)6-4-8-21(13)31-24(33)16(23(32)30-25(31)34)9-14-10-18(27)22(19(28)11-14)35-12-15-5-2-3-7-20(15)29/h2-11H,12H2,1H3,(H,30,32,34)/b16-9+. The summed E-state index contributed by atoms with van der Waals surface area (Å²) in [5, 5.41) is 2.68. The lowest BCUT2D eigenvalue weighted by Crippen LogP contribution is -2.54. The van der Waals surface area contributed by atoms with E-state index in [9.17, 15) is 18.8 Å². The molecule has 178 valence electrons. The number of hydrogen-bond acceptors (Lipinski definition) is 4. The van der Waals surface area contributed by atoms with Crippen LogP contribution in [0.2, 0.25) is 15.1 Å². The SMILES string of the molecule is Cc1c(Cl)cccc1N1C(=O)NC(=O)/C(=C\c2cc(Cl)c(OCc3ccccc3F)c(Cl)c2)C1=O. The van der Waals surface area contributed by atoms with E-state index in [2.05, 4.69) is 5.32 Å². The van der Waals surface area contributed by atoms with Crippen LogP contribution in [0.15, 0.2) is 60.2 Å². The van der Waals surface area contributed by atoms with Crippen LogP contribution >= 0.6 is 34.8 Å². The van der Waals surface area contributed by atoms with Crippen molar-refractivity contribution in [1.29, 1.82) is 0 Å². The van der Waals surface area contributed by atoms with Gasteiger partial charge in [0.2, 0.25) is 0 Å². The van der Waals surface area contributed by atoms with Gasteiger partial charge >= 0.3 is 6.03 Å². The summed E-state index contributed by atoms with van der Waals surface area (Å²) >= 11 is 18.8. The highest BCUT2D eigenvalue weighted by Gasteiger charge is 2.37. The number of nitrogens with zero attached hydrogens (tertiary/aromatic N) is 1. The van der Waals surface area contributed by atoms with Crippen LogP contribution < -0.4 is 15.0 Å². The number of nitrogens with one attached hydrogen (secondary N) is 1. The van der Waals surface area contributed by atoms with E-state index in [0.29, 0.717) is 21.7 Å². The molecule has 1 N–H and O–H groups in total. The highest BCUT2D eigenvalue weighted by Crippen LogP contribution is 2.36. The molecule has 0 spiro atoms. The third-order valence-electron chi connectivity index (χ3n) is 5.24. The first kappa shape index (κ1) is 24.7. The second-order valence-electron chi connectivity index (χ2n) is 7.54. The van der Waals surface area contributed by atoms with Gasteiger partial charge in [0.15, 0.2) is 5.75 Å². The zero-order valence-corrected chi connectivity index (χ0v) is 20.3. The second kappa shape index (κ2) is 10.1. The monoisotopic (exact) mass is 532 g/mol. The van der Waals surface area contributed by atoms with Crippen LogP contribution in [-0.4, -0.2) is 17.8 Å². The largest absolute Gasteiger partial charge is 0.486 e. The molecule has 1 saturated heterocycles. The van der Waals surface area contributed by atoms with E-state index in [-0.39, 0.29) is 33.7 Å². The molecule has 10 heteroatoms. The molecular weight excluding hydrogens is 518 g/mol. The molecule has 1 aliphatic heterocycles. The van der Waals surface area contributed by atoms with Crippen molar-refractivity contribution in [2.24, 2.45) is 0 Å². The van der Waals surface area contributed by atoms with Crippen molar-refractivity contribution in [2.75, 3.05) is 4.90 Å².